The number of nitrogens with zero attached hydrogens (tertiary/aromatic N) is 3. The molecule has 112 valence electrons. The van der Waals surface area contributed by atoms with Crippen molar-refractivity contribution < 1.29 is 23.2 Å². The van der Waals surface area contributed by atoms with E-state index in [1.807, 2.05) is 0 Å². The Morgan fingerprint density at radius 2 is 2.10 bits per heavy atom. The fourth-order valence-corrected chi connectivity index (χ4v) is 1.74. The number of hydrogen-bond donors (Lipinski definition) is 1. The third kappa shape index (κ3) is 3.02. The summed E-state index contributed by atoms with van der Waals surface area (Å²) in [5, 5.41) is 23.9. The molecule has 21 heavy (non-hydrogen) atoms. The summed E-state index contributed by atoms with van der Waals surface area (Å²) in [6, 6.07) is 3.74. The van der Waals surface area contributed by atoms with E-state index in [4.69, 9.17) is 0 Å². The van der Waals surface area contributed by atoms with Crippen LogP contribution in [0.5, 0.6) is 0 Å². The van der Waals surface area contributed by atoms with Gasteiger partial charge in [-0.25, -0.2) is 4.68 Å². The van der Waals surface area contributed by atoms with E-state index in [0.29, 0.717) is 12.4 Å². The van der Waals surface area contributed by atoms with Gasteiger partial charge >= 0.3 is 6.18 Å². The van der Waals surface area contributed by atoms with Crippen molar-refractivity contribution in [3.8, 4) is 5.69 Å². The predicted octanol–water partition coefficient (Wildman–Crippen LogP) is 2.85. The van der Waals surface area contributed by atoms with Crippen molar-refractivity contribution >= 4 is 5.69 Å². The Morgan fingerprint density at radius 3 is 2.57 bits per heavy atom. The maximum atomic E-state index is 12.5. The zero-order valence-corrected chi connectivity index (χ0v) is 10.7. The van der Waals surface area contributed by atoms with Crippen LogP contribution in [0.1, 0.15) is 24.2 Å². The minimum Gasteiger partial charge on any atom is -0.389 e. The summed E-state index contributed by atoms with van der Waals surface area (Å²) in [4.78, 5) is 10.3. The summed E-state index contributed by atoms with van der Waals surface area (Å²) < 4.78 is 38.4. The molecule has 1 aromatic heterocycles. The predicted molar refractivity (Wildman–Crippen MR) is 65.9 cm³/mol. The van der Waals surface area contributed by atoms with Gasteiger partial charge in [0.25, 0.3) is 5.69 Å². The molecule has 1 N–H and O–H groups in total. The number of alkyl halides is 3. The van der Waals surface area contributed by atoms with Crippen LogP contribution < -0.4 is 0 Å². The van der Waals surface area contributed by atoms with Gasteiger partial charge in [-0.1, -0.05) is 6.07 Å². The number of aromatic nitrogens is 2. The number of aliphatic hydroxyl groups is 1. The van der Waals surface area contributed by atoms with Gasteiger partial charge in [-0.15, -0.1) is 0 Å². The van der Waals surface area contributed by atoms with Gasteiger partial charge in [-0.3, -0.25) is 10.1 Å². The molecule has 0 radical (unpaired) electrons. The van der Waals surface area contributed by atoms with E-state index in [1.54, 1.807) is 0 Å². The minimum atomic E-state index is -4.58. The van der Waals surface area contributed by atoms with Crippen LogP contribution in [0.15, 0.2) is 30.6 Å². The van der Waals surface area contributed by atoms with Crippen molar-refractivity contribution in [3.05, 3.63) is 51.8 Å². The van der Waals surface area contributed by atoms with Crippen LogP contribution in [0.4, 0.5) is 18.9 Å². The van der Waals surface area contributed by atoms with Crippen molar-refractivity contribution in [2.24, 2.45) is 0 Å². The van der Waals surface area contributed by atoms with Crippen LogP contribution in [-0.4, -0.2) is 19.8 Å². The molecule has 1 atom stereocenters. The standard InChI is InChI=1S/C12H10F3N3O3/c1-7(19)8-2-3-10(11(4-8)18(20)21)17-6-9(5-16-17)12(13,14)15/h2-7,19H,1H3. The van der Waals surface area contributed by atoms with Crippen LogP contribution in [0.25, 0.3) is 5.69 Å². The highest BCUT2D eigenvalue weighted by atomic mass is 19.4. The summed E-state index contributed by atoms with van der Waals surface area (Å²) in [6.45, 7) is 1.43. The molecule has 2 rings (SSSR count). The van der Waals surface area contributed by atoms with Crippen molar-refractivity contribution in [3.63, 3.8) is 0 Å². The monoisotopic (exact) mass is 301 g/mol. The second-order valence-electron chi connectivity index (χ2n) is 4.35. The summed E-state index contributed by atoms with van der Waals surface area (Å²) in [7, 11) is 0. The Morgan fingerprint density at radius 1 is 1.43 bits per heavy atom. The zero-order chi connectivity index (χ0) is 15.8. The average molecular weight is 301 g/mol. The summed E-state index contributed by atoms with van der Waals surface area (Å²) in [5.74, 6) is 0. The fourth-order valence-electron chi connectivity index (χ4n) is 1.74. The molecule has 0 aliphatic carbocycles. The first kappa shape index (κ1) is 15.0. The molecule has 0 amide bonds. The molecule has 1 heterocycles. The lowest BCUT2D eigenvalue weighted by Gasteiger charge is -2.08. The number of aliphatic hydroxyl groups excluding tert-OH is 1. The first-order valence-corrected chi connectivity index (χ1v) is 5.79. The van der Waals surface area contributed by atoms with Crippen LogP contribution >= 0.6 is 0 Å². The van der Waals surface area contributed by atoms with E-state index >= 15 is 0 Å². The quantitative estimate of drug-likeness (QED) is 0.698. The van der Waals surface area contributed by atoms with Gasteiger partial charge in [0, 0.05) is 12.3 Å². The van der Waals surface area contributed by atoms with Crippen LogP contribution in [-0.2, 0) is 6.18 Å². The topological polar surface area (TPSA) is 81.2 Å². The number of benzene rings is 1. The molecule has 9 heteroatoms. The van der Waals surface area contributed by atoms with E-state index in [0.717, 1.165) is 10.7 Å². The molecular formula is C12H10F3N3O3. The Bertz CT molecular complexity index is 680. The van der Waals surface area contributed by atoms with Gasteiger partial charge in [-0.2, -0.15) is 18.3 Å². The fraction of sp³-hybridized carbons (Fsp3) is 0.250. The number of hydrogen-bond acceptors (Lipinski definition) is 4. The van der Waals surface area contributed by atoms with Crippen molar-refractivity contribution in [1.29, 1.82) is 0 Å². The van der Waals surface area contributed by atoms with Crippen molar-refractivity contribution in [2.75, 3.05) is 0 Å². The lowest BCUT2D eigenvalue weighted by molar-refractivity contribution is -0.384. The third-order valence-electron chi connectivity index (χ3n) is 2.84. The zero-order valence-electron chi connectivity index (χ0n) is 10.7. The largest absolute Gasteiger partial charge is 0.419 e. The molecule has 0 spiro atoms. The maximum Gasteiger partial charge on any atom is 0.419 e. The smallest absolute Gasteiger partial charge is 0.389 e. The normalized spacial score (nSPS) is 13.2. The van der Waals surface area contributed by atoms with Gasteiger partial charge in [0.05, 0.1) is 22.8 Å². The number of halogens is 3. The second kappa shape index (κ2) is 5.17. The van der Waals surface area contributed by atoms with Gasteiger partial charge in [-0.05, 0) is 18.6 Å². The second-order valence-corrected chi connectivity index (χ2v) is 4.35. The molecule has 2 aromatic rings. The Hall–Kier alpha value is -2.42. The first-order chi connectivity index (χ1) is 9.70. The molecule has 6 nitrogen and oxygen atoms in total. The van der Waals surface area contributed by atoms with Crippen molar-refractivity contribution in [2.45, 2.75) is 19.2 Å². The number of rotatable bonds is 3. The third-order valence-corrected chi connectivity index (χ3v) is 2.84. The average Bonchev–Trinajstić information content (AvgIpc) is 2.87. The molecule has 0 saturated carbocycles. The molecule has 0 fully saturated rings. The van der Waals surface area contributed by atoms with Crippen LogP contribution in [0.3, 0.4) is 0 Å². The summed E-state index contributed by atoms with van der Waals surface area (Å²) >= 11 is 0. The molecule has 0 saturated heterocycles. The van der Waals surface area contributed by atoms with E-state index in [-0.39, 0.29) is 11.3 Å². The van der Waals surface area contributed by atoms with Crippen LogP contribution in [0.2, 0.25) is 0 Å². The molecule has 1 unspecified atom stereocenters. The Labute approximate surface area is 116 Å². The van der Waals surface area contributed by atoms with Crippen LogP contribution in [0, 0.1) is 10.1 Å². The molecule has 0 aliphatic rings. The van der Waals surface area contributed by atoms with E-state index in [2.05, 4.69) is 5.10 Å². The Balaban J connectivity index is 2.53. The van der Waals surface area contributed by atoms with E-state index in [9.17, 15) is 28.4 Å². The lowest BCUT2D eigenvalue weighted by atomic mass is 10.1. The van der Waals surface area contributed by atoms with Gasteiger partial charge < -0.3 is 5.11 Å². The molecular weight excluding hydrogens is 291 g/mol. The number of nitro groups is 1. The van der Waals surface area contributed by atoms with Crippen molar-refractivity contribution in [1.82, 2.24) is 9.78 Å². The summed E-state index contributed by atoms with van der Waals surface area (Å²) in [5.41, 5.74) is -1.27. The van der Waals surface area contributed by atoms with E-state index < -0.39 is 28.5 Å². The lowest BCUT2D eigenvalue weighted by Crippen LogP contribution is -2.04. The highest BCUT2D eigenvalue weighted by Crippen LogP contribution is 2.31. The SMILES string of the molecule is CC(O)c1ccc(-n2cc(C(F)(F)F)cn2)c([N+](=O)[O-])c1. The van der Waals surface area contributed by atoms with Gasteiger partial charge in [0.1, 0.15) is 5.69 Å². The number of nitro benzene ring substituents is 1. The molecule has 0 aliphatic heterocycles. The van der Waals surface area contributed by atoms with Gasteiger partial charge in [0.15, 0.2) is 0 Å². The highest BCUT2D eigenvalue weighted by Gasteiger charge is 2.33. The first-order valence-electron chi connectivity index (χ1n) is 5.79. The maximum absolute atomic E-state index is 12.5. The molecule has 0 bridgehead atoms. The van der Waals surface area contributed by atoms with Gasteiger partial charge in [0.2, 0.25) is 0 Å². The summed E-state index contributed by atoms with van der Waals surface area (Å²) in [6.07, 6.45) is -4.25. The van der Waals surface area contributed by atoms with E-state index in [1.165, 1.54) is 19.1 Å². The highest BCUT2D eigenvalue weighted by molar-refractivity contribution is 5.54. The minimum absolute atomic E-state index is 0.111. The molecule has 1 aromatic carbocycles. The Kier molecular flexibility index (Phi) is 3.69.